The van der Waals surface area contributed by atoms with Gasteiger partial charge in [-0.3, -0.25) is 4.79 Å². The minimum absolute atomic E-state index is 0.000983. The van der Waals surface area contributed by atoms with Gasteiger partial charge in [-0.05, 0) is 42.8 Å². The van der Waals surface area contributed by atoms with Gasteiger partial charge >= 0.3 is 6.01 Å². The SMILES string of the molecule is CC(NC(=O)/C=C/c1cccc(F)c1F)c1cccc(Oc2ncccn2)c1. The van der Waals surface area contributed by atoms with Gasteiger partial charge in [0, 0.05) is 24.0 Å². The molecule has 5 nitrogen and oxygen atoms in total. The number of nitrogens with zero attached hydrogens (tertiary/aromatic N) is 2. The van der Waals surface area contributed by atoms with E-state index in [0.29, 0.717) is 5.75 Å². The van der Waals surface area contributed by atoms with Crippen LogP contribution in [0.4, 0.5) is 8.78 Å². The van der Waals surface area contributed by atoms with Gasteiger partial charge in [0.2, 0.25) is 5.91 Å². The number of ether oxygens (including phenoxy) is 1. The average molecular weight is 381 g/mol. The lowest BCUT2D eigenvalue weighted by atomic mass is 10.1. The molecule has 0 spiro atoms. The van der Waals surface area contributed by atoms with Gasteiger partial charge < -0.3 is 10.1 Å². The van der Waals surface area contributed by atoms with Gasteiger partial charge in [-0.2, -0.15) is 0 Å². The Morgan fingerprint density at radius 2 is 1.86 bits per heavy atom. The van der Waals surface area contributed by atoms with Crippen LogP contribution in [0.25, 0.3) is 6.08 Å². The highest BCUT2D eigenvalue weighted by atomic mass is 19.2. The number of halogens is 2. The molecule has 1 amide bonds. The van der Waals surface area contributed by atoms with E-state index < -0.39 is 17.5 Å². The van der Waals surface area contributed by atoms with Crippen LogP contribution in [0.5, 0.6) is 11.8 Å². The summed E-state index contributed by atoms with van der Waals surface area (Å²) in [7, 11) is 0. The van der Waals surface area contributed by atoms with Crippen molar-refractivity contribution < 1.29 is 18.3 Å². The van der Waals surface area contributed by atoms with Crippen molar-refractivity contribution in [3.8, 4) is 11.8 Å². The molecule has 28 heavy (non-hydrogen) atoms. The van der Waals surface area contributed by atoms with E-state index in [1.54, 1.807) is 43.6 Å². The molecule has 3 rings (SSSR count). The summed E-state index contributed by atoms with van der Waals surface area (Å²) in [5, 5.41) is 2.76. The maximum atomic E-state index is 13.6. The third-order valence-electron chi connectivity index (χ3n) is 3.86. The third kappa shape index (κ3) is 4.97. The van der Waals surface area contributed by atoms with Crippen LogP contribution in [0.3, 0.4) is 0 Å². The lowest BCUT2D eigenvalue weighted by Crippen LogP contribution is -2.24. The topological polar surface area (TPSA) is 64.1 Å². The standard InChI is InChI=1S/C21H17F2N3O2/c1-14(26-19(27)10-9-15-5-3-8-18(22)20(15)23)16-6-2-7-17(13-16)28-21-24-11-4-12-25-21/h2-14H,1H3,(H,26,27)/b10-9+. The Balaban J connectivity index is 1.64. The van der Waals surface area contributed by atoms with Gasteiger partial charge in [0.25, 0.3) is 0 Å². The van der Waals surface area contributed by atoms with Gasteiger partial charge in [-0.15, -0.1) is 0 Å². The highest BCUT2D eigenvalue weighted by Gasteiger charge is 2.10. The normalized spacial score (nSPS) is 12.0. The lowest BCUT2D eigenvalue weighted by molar-refractivity contribution is -0.117. The van der Waals surface area contributed by atoms with Gasteiger partial charge in [0.15, 0.2) is 11.6 Å². The smallest absolute Gasteiger partial charge is 0.321 e. The molecule has 0 aliphatic rings. The Morgan fingerprint density at radius 1 is 1.11 bits per heavy atom. The number of carbonyl (C=O) groups excluding carboxylic acids is 1. The van der Waals surface area contributed by atoms with Gasteiger partial charge in [-0.1, -0.05) is 24.3 Å². The van der Waals surface area contributed by atoms with Crippen LogP contribution >= 0.6 is 0 Å². The van der Waals surface area contributed by atoms with E-state index in [1.165, 1.54) is 18.2 Å². The minimum Gasteiger partial charge on any atom is -0.424 e. The molecule has 142 valence electrons. The van der Waals surface area contributed by atoms with Crippen LogP contribution in [0, 0.1) is 11.6 Å². The van der Waals surface area contributed by atoms with Crippen molar-refractivity contribution >= 4 is 12.0 Å². The van der Waals surface area contributed by atoms with Gasteiger partial charge in [0.05, 0.1) is 6.04 Å². The fourth-order valence-corrected chi connectivity index (χ4v) is 2.45. The summed E-state index contributed by atoms with van der Waals surface area (Å²) in [5.41, 5.74) is 0.799. The zero-order chi connectivity index (χ0) is 19.9. The molecule has 2 aromatic carbocycles. The first-order valence-electron chi connectivity index (χ1n) is 8.50. The van der Waals surface area contributed by atoms with Crippen LogP contribution in [-0.4, -0.2) is 15.9 Å². The summed E-state index contributed by atoms with van der Waals surface area (Å²) in [6.45, 7) is 1.80. The first-order valence-corrected chi connectivity index (χ1v) is 8.50. The quantitative estimate of drug-likeness (QED) is 0.641. The summed E-state index contributed by atoms with van der Waals surface area (Å²) >= 11 is 0. The van der Waals surface area contributed by atoms with Crippen molar-refractivity contribution in [2.75, 3.05) is 0 Å². The second-order valence-corrected chi connectivity index (χ2v) is 5.91. The molecule has 1 unspecified atom stereocenters. The van der Waals surface area contributed by atoms with E-state index in [1.807, 2.05) is 6.07 Å². The number of carbonyl (C=O) groups is 1. The Morgan fingerprint density at radius 3 is 2.64 bits per heavy atom. The fourth-order valence-electron chi connectivity index (χ4n) is 2.45. The number of aromatic nitrogens is 2. The summed E-state index contributed by atoms with van der Waals surface area (Å²) in [6, 6.07) is 12.5. The Kier molecular flexibility index (Phi) is 6.06. The minimum atomic E-state index is -0.993. The summed E-state index contributed by atoms with van der Waals surface area (Å²) < 4.78 is 32.4. The number of benzene rings is 2. The lowest BCUT2D eigenvalue weighted by Gasteiger charge is -2.14. The maximum absolute atomic E-state index is 13.6. The number of rotatable bonds is 6. The Hall–Kier alpha value is -3.61. The fraction of sp³-hybridized carbons (Fsp3) is 0.0952. The first kappa shape index (κ1) is 19.2. The predicted molar refractivity (Wildman–Crippen MR) is 100 cm³/mol. The molecule has 0 aliphatic carbocycles. The number of hydrogen-bond donors (Lipinski definition) is 1. The molecular weight excluding hydrogens is 364 g/mol. The summed E-state index contributed by atoms with van der Waals surface area (Å²) in [6.07, 6.45) is 5.53. The number of amides is 1. The first-order chi connectivity index (χ1) is 13.5. The number of nitrogens with one attached hydrogen (secondary N) is 1. The third-order valence-corrected chi connectivity index (χ3v) is 3.86. The van der Waals surface area contributed by atoms with E-state index >= 15 is 0 Å². The molecule has 0 fully saturated rings. The van der Waals surface area contributed by atoms with Crippen molar-refractivity contribution in [1.29, 1.82) is 0 Å². The van der Waals surface area contributed by atoms with Crippen LogP contribution in [0.1, 0.15) is 24.1 Å². The Bertz CT molecular complexity index is 994. The van der Waals surface area contributed by atoms with Crippen LogP contribution in [0.2, 0.25) is 0 Å². The van der Waals surface area contributed by atoms with Gasteiger partial charge in [0.1, 0.15) is 5.75 Å². The second kappa shape index (κ2) is 8.85. The molecule has 0 aliphatic heterocycles. The number of hydrogen-bond acceptors (Lipinski definition) is 4. The van der Waals surface area contributed by atoms with Crippen LogP contribution in [0.15, 0.2) is 67.0 Å². The molecule has 0 saturated carbocycles. The maximum Gasteiger partial charge on any atom is 0.321 e. The highest BCUT2D eigenvalue weighted by Crippen LogP contribution is 2.22. The second-order valence-electron chi connectivity index (χ2n) is 5.91. The van der Waals surface area contributed by atoms with E-state index in [4.69, 9.17) is 4.74 Å². The molecular formula is C21H17F2N3O2. The molecule has 0 saturated heterocycles. The molecule has 1 N–H and O–H groups in total. The van der Waals surface area contributed by atoms with Crippen molar-refractivity contribution in [2.24, 2.45) is 0 Å². The van der Waals surface area contributed by atoms with E-state index in [-0.39, 0.29) is 17.6 Å². The molecule has 0 radical (unpaired) electrons. The van der Waals surface area contributed by atoms with Crippen molar-refractivity contribution in [3.05, 3.63) is 89.8 Å². The van der Waals surface area contributed by atoms with Crippen molar-refractivity contribution in [3.63, 3.8) is 0 Å². The highest BCUT2D eigenvalue weighted by molar-refractivity contribution is 5.92. The van der Waals surface area contributed by atoms with E-state index in [0.717, 1.165) is 17.7 Å². The monoisotopic (exact) mass is 381 g/mol. The van der Waals surface area contributed by atoms with Crippen LogP contribution < -0.4 is 10.1 Å². The van der Waals surface area contributed by atoms with Crippen molar-refractivity contribution in [2.45, 2.75) is 13.0 Å². The average Bonchev–Trinajstić information content (AvgIpc) is 2.70. The van der Waals surface area contributed by atoms with Crippen molar-refractivity contribution in [1.82, 2.24) is 15.3 Å². The molecule has 0 bridgehead atoms. The molecule has 7 heteroatoms. The van der Waals surface area contributed by atoms with Gasteiger partial charge in [-0.25, -0.2) is 18.7 Å². The predicted octanol–water partition coefficient (Wildman–Crippen LogP) is 4.44. The molecule has 1 aromatic heterocycles. The molecule has 3 aromatic rings. The largest absolute Gasteiger partial charge is 0.424 e. The summed E-state index contributed by atoms with van der Waals surface area (Å²) in [5.74, 6) is -1.86. The zero-order valence-corrected chi connectivity index (χ0v) is 15.0. The Labute approximate surface area is 160 Å². The zero-order valence-electron chi connectivity index (χ0n) is 15.0. The van der Waals surface area contributed by atoms with Crippen LogP contribution in [-0.2, 0) is 4.79 Å². The van der Waals surface area contributed by atoms with E-state index in [2.05, 4.69) is 15.3 Å². The molecule has 1 heterocycles. The van der Waals surface area contributed by atoms with E-state index in [9.17, 15) is 13.6 Å². The summed E-state index contributed by atoms with van der Waals surface area (Å²) in [4.78, 5) is 20.1. The molecule has 1 atom stereocenters.